The van der Waals surface area contributed by atoms with Crippen molar-refractivity contribution in [3.63, 3.8) is 0 Å². The molecule has 2 N–H and O–H groups in total. The maximum atomic E-state index is 13.7. The fourth-order valence-corrected chi connectivity index (χ4v) is 4.25. The number of hydrogen-bond donors (Lipinski definition) is 2. The van der Waals surface area contributed by atoms with Crippen LogP contribution >= 0.6 is 11.3 Å². The van der Waals surface area contributed by atoms with E-state index in [-0.39, 0.29) is 24.4 Å². The van der Waals surface area contributed by atoms with Crippen LogP contribution in [0.2, 0.25) is 0 Å². The predicted molar refractivity (Wildman–Crippen MR) is 110 cm³/mol. The zero-order valence-electron chi connectivity index (χ0n) is 17.1. The zero-order chi connectivity index (χ0) is 23.8. The Morgan fingerprint density at radius 3 is 2.67 bits per heavy atom. The highest BCUT2D eigenvalue weighted by atomic mass is 32.1. The first-order valence-electron chi connectivity index (χ1n) is 9.31. The number of alkyl halides is 3. The summed E-state index contributed by atoms with van der Waals surface area (Å²) in [6.45, 7) is -0.0931. The number of carbonyl (C=O) groups is 1. The van der Waals surface area contributed by atoms with E-state index < -0.39 is 17.9 Å². The highest BCUT2D eigenvalue weighted by Gasteiger charge is 2.33. The van der Waals surface area contributed by atoms with Crippen LogP contribution in [-0.4, -0.2) is 60.9 Å². The first-order chi connectivity index (χ1) is 15.7. The standard InChI is InChI=1S/C18H16F4N8O2S/c1-29(7-12-14(6-24-28-12)32-18(20,21)22)25-4-9-13(8-31)30(2)17-16(9)33-15(26-17)3-11-10(19)5-23-27-11/h4-6,8H,3,7H2,1-2H3,(H,23,27)(H,24,28)/b25-4-. The maximum Gasteiger partial charge on any atom is 0.573 e. The molecule has 0 bridgehead atoms. The molecule has 4 heterocycles. The number of carbonyl (C=O) groups excluding carboxylic acids is 1. The largest absolute Gasteiger partial charge is 0.573 e. The third-order valence-corrected chi connectivity index (χ3v) is 5.70. The number of nitrogens with zero attached hydrogens (tertiary/aromatic N) is 6. The number of aromatic amines is 2. The van der Waals surface area contributed by atoms with Crippen molar-refractivity contribution < 1.29 is 27.1 Å². The molecule has 4 aromatic rings. The Morgan fingerprint density at radius 1 is 1.27 bits per heavy atom. The van der Waals surface area contributed by atoms with Crippen molar-refractivity contribution in [3.05, 3.63) is 45.9 Å². The maximum absolute atomic E-state index is 13.7. The lowest BCUT2D eigenvalue weighted by atomic mass is 10.3. The first-order valence-corrected chi connectivity index (χ1v) is 10.1. The fourth-order valence-electron chi connectivity index (χ4n) is 3.13. The fraction of sp³-hybridized carbons (Fsp3) is 0.278. The van der Waals surface area contributed by atoms with Gasteiger partial charge in [-0.05, 0) is 0 Å². The number of thiazole rings is 1. The average Bonchev–Trinajstić information content (AvgIpc) is 3.49. The van der Waals surface area contributed by atoms with Crippen molar-refractivity contribution in [3.8, 4) is 5.75 Å². The molecule has 15 heteroatoms. The van der Waals surface area contributed by atoms with Crippen LogP contribution in [-0.2, 0) is 20.0 Å². The van der Waals surface area contributed by atoms with Gasteiger partial charge in [0.1, 0.15) is 16.4 Å². The van der Waals surface area contributed by atoms with E-state index in [1.54, 1.807) is 11.6 Å². The van der Waals surface area contributed by atoms with Crippen molar-refractivity contribution in [2.24, 2.45) is 12.1 Å². The van der Waals surface area contributed by atoms with Crippen LogP contribution in [0.1, 0.15) is 32.4 Å². The molecule has 0 amide bonds. The van der Waals surface area contributed by atoms with E-state index in [1.165, 1.54) is 29.6 Å². The van der Waals surface area contributed by atoms with Gasteiger partial charge >= 0.3 is 6.36 Å². The van der Waals surface area contributed by atoms with E-state index in [4.69, 9.17) is 0 Å². The van der Waals surface area contributed by atoms with Crippen LogP contribution in [0.4, 0.5) is 17.6 Å². The number of hydrogen-bond acceptors (Lipinski definition) is 8. The quantitative estimate of drug-likeness (QED) is 0.172. The van der Waals surface area contributed by atoms with E-state index in [0.717, 1.165) is 12.4 Å². The topological polar surface area (TPSA) is 117 Å². The minimum atomic E-state index is -4.85. The average molecular weight is 484 g/mol. The summed E-state index contributed by atoms with van der Waals surface area (Å²) in [6.07, 6.45) is -0.468. The van der Waals surface area contributed by atoms with Crippen LogP contribution in [0.3, 0.4) is 0 Å². The lowest BCUT2D eigenvalue weighted by Crippen LogP contribution is -2.19. The molecule has 0 aliphatic rings. The van der Waals surface area contributed by atoms with E-state index in [2.05, 4.69) is 35.2 Å². The number of fused-ring (bicyclic) bond motifs is 1. The Labute approximate surface area is 186 Å². The Kier molecular flexibility index (Phi) is 5.88. The van der Waals surface area contributed by atoms with Gasteiger partial charge in [-0.15, -0.1) is 24.5 Å². The Hall–Kier alpha value is -3.75. The summed E-state index contributed by atoms with van der Waals surface area (Å²) in [5.74, 6) is -0.934. The summed E-state index contributed by atoms with van der Waals surface area (Å²) in [7, 11) is 3.19. The minimum Gasteiger partial charge on any atom is -0.402 e. The molecular weight excluding hydrogens is 468 g/mol. The van der Waals surface area contributed by atoms with Gasteiger partial charge in [0.2, 0.25) is 0 Å². The van der Waals surface area contributed by atoms with Crippen LogP contribution in [0, 0.1) is 5.82 Å². The molecule has 0 aliphatic heterocycles. The number of rotatable bonds is 8. The molecule has 0 saturated carbocycles. The number of ether oxygens (including phenoxy) is 1. The van der Waals surface area contributed by atoms with Crippen LogP contribution in [0.25, 0.3) is 10.3 Å². The molecule has 10 nitrogen and oxygen atoms in total. The first kappa shape index (κ1) is 22.4. The number of nitrogens with one attached hydrogen (secondary N) is 2. The molecule has 0 saturated heterocycles. The number of aryl methyl sites for hydroxylation is 1. The third-order valence-electron chi connectivity index (χ3n) is 4.62. The smallest absolute Gasteiger partial charge is 0.402 e. The summed E-state index contributed by atoms with van der Waals surface area (Å²) in [5, 5.41) is 18.5. The summed E-state index contributed by atoms with van der Waals surface area (Å²) in [5.41, 5.74) is 1.54. The minimum absolute atomic E-state index is 0.00176. The molecular formula is C18H16F4N8O2S. The lowest BCUT2D eigenvalue weighted by molar-refractivity contribution is -0.275. The molecule has 4 rings (SSSR count). The Bertz CT molecular complexity index is 1320. The van der Waals surface area contributed by atoms with Gasteiger partial charge in [-0.1, -0.05) is 0 Å². The van der Waals surface area contributed by atoms with E-state index >= 15 is 0 Å². The number of aldehydes is 1. The lowest BCUT2D eigenvalue weighted by Gasteiger charge is -2.13. The number of halogens is 4. The van der Waals surface area contributed by atoms with Crippen molar-refractivity contribution in [1.29, 1.82) is 0 Å². The van der Waals surface area contributed by atoms with Gasteiger partial charge in [0.05, 0.1) is 35.5 Å². The van der Waals surface area contributed by atoms with Gasteiger partial charge in [0.15, 0.2) is 23.5 Å². The molecule has 0 radical (unpaired) electrons. The van der Waals surface area contributed by atoms with Gasteiger partial charge in [-0.2, -0.15) is 15.3 Å². The highest BCUT2D eigenvalue weighted by molar-refractivity contribution is 7.19. The predicted octanol–water partition coefficient (Wildman–Crippen LogP) is 2.99. The molecule has 0 spiro atoms. The van der Waals surface area contributed by atoms with E-state index in [9.17, 15) is 22.4 Å². The van der Waals surface area contributed by atoms with E-state index in [0.29, 0.717) is 32.9 Å². The molecule has 0 unspecified atom stereocenters. The molecule has 0 fully saturated rings. The zero-order valence-corrected chi connectivity index (χ0v) is 18.0. The third kappa shape index (κ3) is 4.72. The number of H-pyrrole nitrogens is 2. The normalized spacial score (nSPS) is 12.2. The second kappa shape index (κ2) is 8.65. The Balaban J connectivity index is 1.58. The van der Waals surface area contributed by atoms with Crippen LogP contribution in [0.15, 0.2) is 17.5 Å². The number of hydrazone groups is 1. The highest BCUT2D eigenvalue weighted by Crippen LogP contribution is 2.30. The van der Waals surface area contributed by atoms with Crippen molar-refractivity contribution in [2.75, 3.05) is 7.05 Å². The second-order valence-electron chi connectivity index (χ2n) is 6.90. The number of aromatic nitrogens is 6. The summed E-state index contributed by atoms with van der Waals surface area (Å²) >= 11 is 1.26. The van der Waals surface area contributed by atoms with Gasteiger partial charge in [0, 0.05) is 26.1 Å². The van der Waals surface area contributed by atoms with Gasteiger partial charge in [-0.25, -0.2) is 9.37 Å². The monoisotopic (exact) mass is 484 g/mol. The summed E-state index contributed by atoms with van der Waals surface area (Å²) < 4.78 is 57.4. The van der Waals surface area contributed by atoms with Gasteiger partial charge in [-0.3, -0.25) is 20.0 Å². The van der Waals surface area contributed by atoms with Gasteiger partial charge in [0.25, 0.3) is 0 Å². The van der Waals surface area contributed by atoms with Crippen molar-refractivity contribution in [2.45, 2.75) is 19.3 Å². The molecule has 0 aliphatic carbocycles. The van der Waals surface area contributed by atoms with Crippen LogP contribution in [0.5, 0.6) is 5.75 Å². The molecule has 0 aromatic carbocycles. The van der Waals surface area contributed by atoms with Crippen LogP contribution < -0.4 is 4.74 Å². The molecule has 0 atom stereocenters. The Morgan fingerprint density at radius 2 is 2.00 bits per heavy atom. The SMILES string of the molecule is CN(Cc1n[nH]cc1OC(F)(F)F)/N=C\c1c(C=O)n(C)c2nc(Cc3n[nH]cc3F)sc12. The van der Waals surface area contributed by atoms with Crippen molar-refractivity contribution in [1.82, 2.24) is 35.0 Å². The summed E-state index contributed by atoms with van der Waals surface area (Å²) in [6, 6.07) is 0. The molecule has 33 heavy (non-hydrogen) atoms. The second-order valence-corrected chi connectivity index (χ2v) is 7.98. The van der Waals surface area contributed by atoms with E-state index in [1.807, 2.05) is 0 Å². The molecule has 4 aromatic heterocycles. The summed E-state index contributed by atoms with van der Waals surface area (Å²) in [4.78, 5) is 16.1. The van der Waals surface area contributed by atoms with Gasteiger partial charge < -0.3 is 9.30 Å². The van der Waals surface area contributed by atoms with Crippen molar-refractivity contribution >= 4 is 34.2 Å². The molecule has 174 valence electrons.